The minimum absolute atomic E-state index is 0.00209. The van der Waals surface area contributed by atoms with E-state index < -0.39 is 17.0 Å². The summed E-state index contributed by atoms with van der Waals surface area (Å²) in [6.07, 6.45) is -0.581. The lowest BCUT2D eigenvalue weighted by Gasteiger charge is -2.34. The predicted octanol–water partition coefficient (Wildman–Crippen LogP) is 2.09. The highest BCUT2D eigenvalue weighted by molar-refractivity contribution is 7.70. The number of amides is 1. The number of nitrogens with one attached hydrogen (secondary N) is 1. The van der Waals surface area contributed by atoms with Crippen molar-refractivity contribution in [3.63, 3.8) is 0 Å². The molecule has 0 aliphatic rings. The zero-order valence-electron chi connectivity index (χ0n) is 11.4. The number of carbonyl (C=O) groups excluding carboxylic acids is 1. The Morgan fingerprint density at radius 3 is 1.94 bits per heavy atom. The Labute approximate surface area is 105 Å². The molecule has 0 rings (SSSR count). The van der Waals surface area contributed by atoms with Crippen LogP contribution in [0.1, 0.15) is 48.0 Å². The number of carbonyl (C=O) groups is 1. The highest BCUT2D eigenvalue weighted by atomic mass is 32.2. The lowest BCUT2D eigenvalue weighted by molar-refractivity contribution is 0.00904. The van der Waals surface area contributed by atoms with Gasteiger partial charge in [0.1, 0.15) is 6.10 Å². The van der Waals surface area contributed by atoms with Gasteiger partial charge in [-0.15, -0.1) is 0 Å². The quantitative estimate of drug-likeness (QED) is 0.766. The van der Waals surface area contributed by atoms with Crippen molar-refractivity contribution in [1.29, 1.82) is 0 Å². The van der Waals surface area contributed by atoms with E-state index in [1.54, 1.807) is 4.72 Å². The molecule has 1 amide bonds. The molecule has 0 saturated carbocycles. The molecule has 0 radical (unpaired) electrons. The first kappa shape index (κ1) is 16.2. The molecule has 0 aliphatic carbocycles. The second kappa shape index (κ2) is 5.71. The zero-order chi connectivity index (χ0) is 13.9. The van der Waals surface area contributed by atoms with E-state index in [9.17, 15) is 13.2 Å². The monoisotopic (exact) mass is 265 g/mol. The topological polar surface area (TPSA) is 72.5 Å². The van der Waals surface area contributed by atoms with Gasteiger partial charge in [-0.05, 0) is 17.3 Å². The van der Waals surface area contributed by atoms with Crippen LogP contribution in [0.5, 0.6) is 0 Å². The normalized spacial score (nSPS) is 14.5. The smallest absolute Gasteiger partial charge is 0.420 e. The van der Waals surface area contributed by atoms with Gasteiger partial charge in [-0.25, -0.2) is 17.9 Å². The summed E-state index contributed by atoms with van der Waals surface area (Å²) in [7, 11) is -2.96. The second-order valence-electron chi connectivity index (χ2n) is 6.39. The average molecular weight is 265 g/mol. The number of rotatable bonds is 3. The molecule has 102 valence electrons. The SMILES string of the molecule is CC(C)(C)CC(OC(=O)N[SH](=O)=O)C(C)(C)C. The number of ether oxygens (including phenoxy) is 1. The van der Waals surface area contributed by atoms with E-state index in [4.69, 9.17) is 4.74 Å². The number of hydrogen-bond donors (Lipinski definition) is 2. The molecule has 1 N–H and O–H groups in total. The Hall–Kier alpha value is -0.780. The van der Waals surface area contributed by atoms with Gasteiger partial charge in [-0.1, -0.05) is 41.5 Å². The molecule has 0 aliphatic heterocycles. The van der Waals surface area contributed by atoms with E-state index in [0.29, 0.717) is 6.42 Å². The summed E-state index contributed by atoms with van der Waals surface area (Å²) in [5, 5.41) is 0. The van der Waals surface area contributed by atoms with Crippen LogP contribution in [0.15, 0.2) is 0 Å². The van der Waals surface area contributed by atoms with Crippen molar-refractivity contribution in [3.8, 4) is 0 Å². The molecule has 6 heteroatoms. The van der Waals surface area contributed by atoms with Crippen molar-refractivity contribution in [2.24, 2.45) is 10.8 Å². The standard InChI is InChI=1S/C11H23NO4S/c1-10(2,3)7-8(11(4,5)6)16-9(13)12-17(14)15/h8,17H,7H2,1-6H3,(H,12,13,14,15). The highest BCUT2D eigenvalue weighted by Crippen LogP contribution is 2.32. The molecule has 0 saturated heterocycles. The van der Waals surface area contributed by atoms with Gasteiger partial charge < -0.3 is 4.74 Å². The first-order chi connectivity index (χ1) is 7.42. The molecule has 0 aromatic carbocycles. The number of thiol groups is 1. The Bertz CT molecular complexity index is 328. The summed E-state index contributed by atoms with van der Waals surface area (Å²) in [6.45, 7) is 12.0. The van der Waals surface area contributed by atoms with Gasteiger partial charge in [0.25, 0.3) is 0 Å². The third-order valence-corrected chi connectivity index (χ3v) is 2.56. The highest BCUT2D eigenvalue weighted by Gasteiger charge is 2.32. The minimum Gasteiger partial charge on any atom is -0.445 e. The summed E-state index contributed by atoms with van der Waals surface area (Å²) < 4.78 is 27.6. The van der Waals surface area contributed by atoms with Crippen LogP contribution >= 0.6 is 0 Å². The van der Waals surface area contributed by atoms with Crippen LogP contribution in [0.3, 0.4) is 0 Å². The van der Waals surface area contributed by atoms with E-state index in [2.05, 4.69) is 0 Å². The van der Waals surface area contributed by atoms with Gasteiger partial charge >= 0.3 is 6.09 Å². The molecule has 5 nitrogen and oxygen atoms in total. The minimum atomic E-state index is -2.96. The van der Waals surface area contributed by atoms with Gasteiger partial charge in [0, 0.05) is 0 Å². The van der Waals surface area contributed by atoms with Gasteiger partial charge in [0.05, 0.1) is 0 Å². The maximum absolute atomic E-state index is 11.3. The second-order valence-corrected chi connectivity index (χ2v) is 7.13. The molecule has 0 fully saturated rings. The lowest BCUT2D eigenvalue weighted by atomic mass is 9.78. The molecule has 0 aromatic heterocycles. The molecule has 17 heavy (non-hydrogen) atoms. The third kappa shape index (κ3) is 8.01. The molecule has 0 spiro atoms. The Morgan fingerprint density at radius 1 is 1.18 bits per heavy atom. The summed E-state index contributed by atoms with van der Waals surface area (Å²) in [5.41, 5.74) is -0.239. The molecule has 0 heterocycles. The fourth-order valence-electron chi connectivity index (χ4n) is 1.31. The fourth-order valence-corrected chi connectivity index (χ4v) is 1.51. The first-order valence-corrected chi connectivity index (χ1v) is 6.71. The summed E-state index contributed by atoms with van der Waals surface area (Å²) >= 11 is 0. The van der Waals surface area contributed by atoms with Gasteiger partial charge in [0.15, 0.2) is 0 Å². The van der Waals surface area contributed by atoms with Crippen LogP contribution in [0.2, 0.25) is 0 Å². The summed E-state index contributed by atoms with van der Waals surface area (Å²) in [5.74, 6) is 0. The maximum atomic E-state index is 11.3. The van der Waals surface area contributed by atoms with E-state index >= 15 is 0 Å². The first-order valence-electron chi connectivity index (χ1n) is 5.53. The van der Waals surface area contributed by atoms with Crippen LogP contribution in [0.4, 0.5) is 4.79 Å². The molecular weight excluding hydrogens is 242 g/mol. The lowest BCUT2D eigenvalue weighted by Crippen LogP contribution is -2.38. The molecule has 1 atom stereocenters. The van der Waals surface area contributed by atoms with Crippen molar-refractivity contribution < 1.29 is 17.9 Å². The summed E-state index contributed by atoms with van der Waals surface area (Å²) in [4.78, 5) is 11.3. The third-order valence-electron chi connectivity index (χ3n) is 2.20. The van der Waals surface area contributed by atoms with Crippen molar-refractivity contribution in [3.05, 3.63) is 0 Å². The molecule has 1 unspecified atom stereocenters. The Balaban J connectivity index is 4.67. The van der Waals surface area contributed by atoms with Crippen molar-refractivity contribution >= 4 is 17.0 Å². The number of hydrogen-bond acceptors (Lipinski definition) is 4. The van der Waals surface area contributed by atoms with Gasteiger partial charge in [0.2, 0.25) is 10.9 Å². The largest absolute Gasteiger partial charge is 0.445 e. The van der Waals surface area contributed by atoms with Crippen LogP contribution in [0.25, 0.3) is 0 Å². The molecule has 0 aromatic rings. The Morgan fingerprint density at radius 2 is 1.65 bits per heavy atom. The van der Waals surface area contributed by atoms with Gasteiger partial charge in [-0.2, -0.15) is 0 Å². The molecular formula is C11H23NO4S. The van der Waals surface area contributed by atoms with E-state index in [-0.39, 0.29) is 16.9 Å². The van der Waals surface area contributed by atoms with E-state index in [0.717, 1.165) is 0 Å². The summed E-state index contributed by atoms with van der Waals surface area (Å²) in [6, 6.07) is 0. The van der Waals surface area contributed by atoms with Crippen LogP contribution in [-0.4, -0.2) is 20.6 Å². The van der Waals surface area contributed by atoms with Crippen molar-refractivity contribution in [2.75, 3.05) is 0 Å². The van der Waals surface area contributed by atoms with Crippen LogP contribution in [-0.2, 0) is 15.6 Å². The van der Waals surface area contributed by atoms with Gasteiger partial charge in [-0.3, -0.25) is 0 Å². The average Bonchev–Trinajstić information content (AvgIpc) is 1.96. The van der Waals surface area contributed by atoms with Crippen LogP contribution in [0, 0.1) is 10.8 Å². The van der Waals surface area contributed by atoms with E-state index in [1.807, 2.05) is 41.5 Å². The van der Waals surface area contributed by atoms with Crippen molar-refractivity contribution in [1.82, 2.24) is 4.72 Å². The molecule has 0 bridgehead atoms. The maximum Gasteiger partial charge on any atom is 0.420 e. The Kier molecular flexibility index (Phi) is 5.45. The van der Waals surface area contributed by atoms with Crippen LogP contribution < -0.4 is 4.72 Å². The predicted molar refractivity (Wildman–Crippen MR) is 67.2 cm³/mol. The zero-order valence-corrected chi connectivity index (χ0v) is 12.3. The van der Waals surface area contributed by atoms with Crippen molar-refractivity contribution in [2.45, 2.75) is 54.1 Å². The van der Waals surface area contributed by atoms with E-state index in [1.165, 1.54) is 0 Å². The fraction of sp³-hybridized carbons (Fsp3) is 0.909.